The van der Waals surface area contributed by atoms with Gasteiger partial charge in [0.25, 0.3) is 0 Å². The average Bonchev–Trinajstić information content (AvgIpc) is 3.54. The van der Waals surface area contributed by atoms with E-state index in [1.54, 1.807) is 26.2 Å². The van der Waals surface area contributed by atoms with Crippen LogP contribution in [0.25, 0.3) is 10.8 Å². The van der Waals surface area contributed by atoms with Crippen LogP contribution in [0.3, 0.4) is 0 Å². The number of rotatable bonds is 13. The van der Waals surface area contributed by atoms with Crippen LogP contribution in [0.4, 0.5) is 11.4 Å². The van der Waals surface area contributed by atoms with Gasteiger partial charge < -0.3 is 23.8 Å². The number of amidine groups is 1. The zero-order valence-electron chi connectivity index (χ0n) is 23.0. The molecule has 1 aromatic heterocycles. The molecule has 0 fully saturated rings. The SMILES string of the molecule is COc1ccc(SN(C/C(N)=N/NN)c2ccc(N(Cc3nn[nH]n3)Sc3ccc(OC)cc3)c3ccccc23)cc1. The molecule has 0 saturated carbocycles. The van der Waals surface area contributed by atoms with Crippen LogP contribution in [0.2, 0.25) is 0 Å². The van der Waals surface area contributed by atoms with Crippen molar-refractivity contribution < 1.29 is 9.47 Å². The molecule has 1 heterocycles. The quantitative estimate of drug-likeness (QED) is 0.0498. The number of hydrazone groups is 1. The molecule has 0 atom stereocenters. The summed E-state index contributed by atoms with van der Waals surface area (Å²) in [6.45, 7) is 0.736. The van der Waals surface area contributed by atoms with Gasteiger partial charge in [-0.1, -0.05) is 29.5 Å². The molecule has 6 N–H and O–H groups in total. The first kappa shape index (κ1) is 28.9. The molecule has 0 unspecified atom stereocenters. The third-order valence-electron chi connectivity index (χ3n) is 6.15. The number of nitrogens with two attached hydrogens (primary N) is 2. The summed E-state index contributed by atoms with van der Waals surface area (Å²) in [4.78, 5) is 2.04. The van der Waals surface area contributed by atoms with Crippen molar-refractivity contribution in [3.8, 4) is 11.5 Å². The first-order valence-electron chi connectivity index (χ1n) is 12.8. The zero-order chi connectivity index (χ0) is 29.3. The summed E-state index contributed by atoms with van der Waals surface area (Å²) in [5.74, 6) is 7.90. The topological polar surface area (TPSA) is 156 Å². The summed E-state index contributed by atoms with van der Waals surface area (Å²) in [5, 5.41) is 20.7. The second-order valence-corrected chi connectivity index (χ2v) is 11.0. The third-order valence-corrected chi connectivity index (χ3v) is 8.21. The van der Waals surface area contributed by atoms with Crippen molar-refractivity contribution in [1.29, 1.82) is 0 Å². The highest BCUT2D eigenvalue weighted by Gasteiger charge is 2.20. The number of hydrogen-bond donors (Lipinski definition) is 4. The van der Waals surface area contributed by atoms with Crippen molar-refractivity contribution in [3.05, 3.63) is 90.8 Å². The molecule has 0 spiro atoms. The highest BCUT2D eigenvalue weighted by molar-refractivity contribution is 8.01. The molecule has 12 nitrogen and oxygen atoms in total. The fraction of sp³-hybridized carbons (Fsp3) is 0.143. The average molecular weight is 603 g/mol. The predicted octanol–water partition coefficient (Wildman–Crippen LogP) is 4.33. The predicted molar refractivity (Wildman–Crippen MR) is 168 cm³/mol. The molecule has 0 aliphatic rings. The Labute approximate surface area is 251 Å². The number of nitrogens with one attached hydrogen (secondary N) is 2. The van der Waals surface area contributed by atoms with Gasteiger partial charge in [-0.2, -0.15) is 10.3 Å². The molecular formula is C28H30N10O2S2. The van der Waals surface area contributed by atoms with Crippen molar-refractivity contribution in [2.24, 2.45) is 16.7 Å². The number of benzene rings is 4. The van der Waals surface area contributed by atoms with Crippen molar-refractivity contribution in [2.45, 2.75) is 16.3 Å². The number of aromatic amines is 1. The number of fused-ring (bicyclic) bond motifs is 1. The lowest BCUT2D eigenvalue weighted by Crippen LogP contribution is -2.32. The maximum absolute atomic E-state index is 6.22. The molecule has 5 rings (SSSR count). The number of nitrogens with zero attached hydrogens (tertiary/aromatic N) is 6. The van der Waals surface area contributed by atoms with Crippen LogP contribution in [0.15, 0.2) is 99.8 Å². The molecule has 0 amide bonds. The summed E-state index contributed by atoms with van der Waals surface area (Å²) in [5.41, 5.74) is 10.4. The van der Waals surface area contributed by atoms with Gasteiger partial charge in [0.2, 0.25) is 0 Å². The van der Waals surface area contributed by atoms with Gasteiger partial charge in [0.15, 0.2) is 5.82 Å². The summed E-state index contributed by atoms with van der Waals surface area (Å²) < 4.78 is 14.9. The molecular weight excluding hydrogens is 573 g/mol. The van der Waals surface area contributed by atoms with Crippen LogP contribution in [-0.2, 0) is 6.54 Å². The molecule has 0 aliphatic heterocycles. The highest BCUT2D eigenvalue weighted by atomic mass is 32.2. The van der Waals surface area contributed by atoms with Crippen molar-refractivity contribution in [3.63, 3.8) is 0 Å². The number of hydrazine groups is 1. The Morgan fingerprint density at radius 1 is 0.833 bits per heavy atom. The number of aromatic nitrogens is 4. The minimum atomic E-state index is 0.317. The summed E-state index contributed by atoms with van der Waals surface area (Å²) in [6.07, 6.45) is 0. The minimum absolute atomic E-state index is 0.317. The maximum Gasteiger partial charge on any atom is 0.194 e. The van der Waals surface area contributed by atoms with Gasteiger partial charge in [-0.05, 0) is 84.6 Å². The number of H-pyrrole nitrogens is 1. The van der Waals surface area contributed by atoms with Crippen molar-refractivity contribution >= 4 is 51.9 Å². The van der Waals surface area contributed by atoms with Crippen LogP contribution >= 0.6 is 23.9 Å². The molecule has 14 heteroatoms. The minimum Gasteiger partial charge on any atom is -0.497 e. The molecule has 42 heavy (non-hydrogen) atoms. The Morgan fingerprint density at radius 2 is 1.38 bits per heavy atom. The van der Waals surface area contributed by atoms with Gasteiger partial charge in [0.1, 0.15) is 17.3 Å². The lowest BCUT2D eigenvalue weighted by Gasteiger charge is -2.28. The molecule has 0 radical (unpaired) electrons. The fourth-order valence-electron chi connectivity index (χ4n) is 4.21. The Balaban J connectivity index is 1.56. The van der Waals surface area contributed by atoms with Crippen LogP contribution in [-0.4, -0.2) is 47.2 Å². The molecule has 216 valence electrons. The van der Waals surface area contributed by atoms with E-state index in [-0.39, 0.29) is 0 Å². The Kier molecular flexibility index (Phi) is 9.48. The largest absolute Gasteiger partial charge is 0.497 e. The molecule has 0 aliphatic carbocycles. The van der Waals surface area contributed by atoms with E-state index < -0.39 is 0 Å². The molecule has 0 bridgehead atoms. The number of hydrogen-bond acceptors (Lipinski definition) is 12. The van der Waals surface area contributed by atoms with E-state index in [9.17, 15) is 0 Å². The number of tetrazole rings is 1. The van der Waals surface area contributed by atoms with E-state index in [2.05, 4.69) is 64.1 Å². The Hall–Kier alpha value is -4.66. The lowest BCUT2D eigenvalue weighted by molar-refractivity contribution is 0.414. The van der Waals surface area contributed by atoms with E-state index in [1.807, 2.05) is 60.7 Å². The van der Waals surface area contributed by atoms with Crippen LogP contribution in [0.5, 0.6) is 11.5 Å². The zero-order valence-corrected chi connectivity index (χ0v) is 24.6. The maximum atomic E-state index is 6.22. The lowest BCUT2D eigenvalue weighted by atomic mass is 10.1. The normalized spacial score (nSPS) is 11.4. The van der Waals surface area contributed by atoms with E-state index in [0.29, 0.717) is 24.7 Å². The van der Waals surface area contributed by atoms with Gasteiger partial charge in [0, 0.05) is 20.6 Å². The van der Waals surface area contributed by atoms with Crippen LogP contribution in [0.1, 0.15) is 5.82 Å². The Morgan fingerprint density at radius 3 is 1.88 bits per heavy atom. The summed E-state index contributed by atoms with van der Waals surface area (Å²) in [6, 6.07) is 28.2. The van der Waals surface area contributed by atoms with Crippen LogP contribution < -0.4 is 35.2 Å². The van der Waals surface area contributed by atoms with E-state index in [1.165, 1.54) is 11.9 Å². The number of anilines is 2. The number of ether oxygens (including phenoxy) is 2. The third kappa shape index (κ3) is 6.97. The van der Waals surface area contributed by atoms with Crippen molar-refractivity contribution in [1.82, 2.24) is 26.2 Å². The van der Waals surface area contributed by atoms with E-state index in [4.69, 9.17) is 21.1 Å². The van der Waals surface area contributed by atoms with Gasteiger partial charge in [0.05, 0.1) is 38.7 Å². The summed E-state index contributed by atoms with van der Waals surface area (Å²) >= 11 is 3.12. The van der Waals surface area contributed by atoms with Gasteiger partial charge in [-0.25, -0.2) is 11.4 Å². The first-order valence-corrected chi connectivity index (χ1v) is 14.3. The van der Waals surface area contributed by atoms with Crippen molar-refractivity contribution in [2.75, 3.05) is 29.4 Å². The Bertz CT molecular complexity index is 1620. The van der Waals surface area contributed by atoms with E-state index in [0.717, 1.165) is 43.4 Å². The highest BCUT2D eigenvalue weighted by Crippen LogP contribution is 2.41. The monoisotopic (exact) mass is 602 g/mol. The van der Waals surface area contributed by atoms with Gasteiger partial charge in [-0.15, -0.1) is 10.2 Å². The molecule has 4 aromatic carbocycles. The van der Waals surface area contributed by atoms with Gasteiger partial charge in [-0.3, -0.25) is 0 Å². The molecule has 5 aromatic rings. The summed E-state index contributed by atoms with van der Waals surface area (Å²) in [7, 11) is 3.30. The van der Waals surface area contributed by atoms with Crippen LogP contribution in [0, 0.1) is 0 Å². The standard InChI is InChI=1S/C28H30N10O2S2/c1-39-19-7-11-21(12-8-19)41-37(17-27(29)31-34-30)25-15-16-26(24-6-4-3-5-23(24)25)38(18-28-32-35-36-33-28)42-22-13-9-20(40-2)10-14-22/h3-16,34H,17-18,30H2,1-2H3,(H2,29,31)(H,32,33,35,36). The second kappa shape index (κ2) is 13.8. The van der Waals surface area contributed by atoms with E-state index >= 15 is 0 Å². The fourth-order valence-corrected chi connectivity index (χ4v) is 6.12. The molecule has 0 saturated heterocycles. The van der Waals surface area contributed by atoms with Gasteiger partial charge >= 0.3 is 0 Å². The second-order valence-electron chi connectivity index (χ2n) is 8.82. The number of methoxy groups -OCH3 is 2. The first-order chi connectivity index (χ1) is 20.6. The smallest absolute Gasteiger partial charge is 0.194 e.